The average molecular weight is 471 g/mol. The first-order chi connectivity index (χ1) is 16.4. The summed E-state index contributed by atoms with van der Waals surface area (Å²) >= 11 is 0. The van der Waals surface area contributed by atoms with Gasteiger partial charge in [-0.25, -0.2) is 4.79 Å². The second-order valence-electron chi connectivity index (χ2n) is 9.57. The number of hydrogen-bond donors (Lipinski definition) is 1. The van der Waals surface area contributed by atoms with Gasteiger partial charge in [0, 0.05) is 25.1 Å². The highest BCUT2D eigenvalue weighted by Crippen LogP contribution is 2.32. The summed E-state index contributed by atoms with van der Waals surface area (Å²) in [5.74, 6) is 0.751. The van der Waals surface area contributed by atoms with Crippen LogP contribution in [0.15, 0.2) is 28.8 Å². The highest BCUT2D eigenvalue weighted by Gasteiger charge is 2.26. The first-order valence-corrected chi connectivity index (χ1v) is 12.2. The molecule has 2 atom stereocenters. The molecule has 0 bridgehead atoms. The summed E-state index contributed by atoms with van der Waals surface area (Å²) in [4.78, 5) is 25.2. The van der Waals surface area contributed by atoms with Crippen molar-refractivity contribution in [2.45, 2.75) is 83.5 Å². The fraction of sp³-hybridized carbons (Fsp3) is 0.577. The van der Waals surface area contributed by atoms with Crippen molar-refractivity contribution in [2.75, 3.05) is 7.05 Å². The number of carbonyl (C=O) groups is 2. The summed E-state index contributed by atoms with van der Waals surface area (Å²) in [5, 5.41) is 13.1. The minimum atomic E-state index is -0.746. The molecule has 0 spiro atoms. The highest BCUT2D eigenvalue weighted by atomic mass is 16.6. The van der Waals surface area contributed by atoms with Crippen molar-refractivity contribution in [1.29, 1.82) is 0 Å². The molecular weight excluding hydrogens is 436 g/mol. The normalized spacial score (nSPS) is 20.8. The van der Waals surface area contributed by atoms with E-state index < -0.39 is 5.97 Å². The van der Waals surface area contributed by atoms with Crippen LogP contribution >= 0.6 is 0 Å². The molecule has 4 rings (SSSR count). The lowest BCUT2D eigenvalue weighted by atomic mass is 9.85. The molecule has 1 heterocycles. The molecule has 1 aromatic heterocycles. The second-order valence-corrected chi connectivity index (χ2v) is 9.57. The van der Waals surface area contributed by atoms with Crippen molar-refractivity contribution in [3.8, 4) is 17.1 Å². The summed E-state index contributed by atoms with van der Waals surface area (Å²) in [6, 6.07) is 7.84. The van der Waals surface area contributed by atoms with E-state index in [2.05, 4.69) is 5.16 Å². The standard InChI is InChI=1S/C26H34N2O6/c1-17-23(16-32-26(31)28(2)20-7-3-4-8-20)25(34-27-17)19-10-12-21(13-11-19)33-22-9-5-6-18(14-22)15-24(29)30/h10-13,18,20,22H,3-9,14-16H2,1-2H3,(H,29,30). The zero-order valence-corrected chi connectivity index (χ0v) is 20.0. The third-order valence-corrected chi connectivity index (χ3v) is 7.10. The average Bonchev–Trinajstić information content (AvgIpc) is 3.47. The molecule has 0 saturated heterocycles. The molecule has 1 amide bonds. The van der Waals surface area contributed by atoms with Gasteiger partial charge < -0.3 is 24.0 Å². The van der Waals surface area contributed by atoms with Crippen molar-refractivity contribution in [3.05, 3.63) is 35.5 Å². The quantitative estimate of drug-likeness (QED) is 0.538. The minimum Gasteiger partial charge on any atom is -0.490 e. The Kier molecular flexibility index (Phi) is 7.75. The highest BCUT2D eigenvalue weighted by molar-refractivity contribution is 5.69. The van der Waals surface area contributed by atoms with E-state index in [1.807, 2.05) is 31.2 Å². The Morgan fingerprint density at radius 3 is 2.56 bits per heavy atom. The molecule has 8 heteroatoms. The van der Waals surface area contributed by atoms with Crippen LogP contribution in [0.1, 0.15) is 69.0 Å². The maximum Gasteiger partial charge on any atom is 0.410 e. The van der Waals surface area contributed by atoms with Gasteiger partial charge in [0.15, 0.2) is 5.76 Å². The molecule has 2 aliphatic rings. The Balaban J connectivity index is 1.36. The number of amides is 1. The van der Waals surface area contributed by atoms with Crippen molar-refractivity contribution < 1.29 is 28.7 Å². The van der Waals surface area contributed by atoms with Crippen molar-refractivity contribution in [3.63, 3.8) is 0 Å². The van der Waals surface area contributed by atoms with Gasteiger partial charge in [0.2, 0.25) is 0 Å². The smallest absolute Gasteiger partial charge is 0.410 e. The Morgan fingerprint density at radius 2 is 1.85 bits per heavy atom. The topological polar surface area (TPSA) is 102 Å². The predicted molar refractivity (Wildman–Crippen MR) is 126 cm³/mol. The minimum absolute atomic E-state index is 0.0308. The summed E-state index contributed by atoms with van der Waals surface area (Å²) in [6.07, 6.45) is 7.89. The van der Waals surface area contributed by atoms with Gasteiger partial charge in [-0.05, 0) is 75.6 Å². The molecule has 8 nitrogen and oxygen atoms in total. The number of aliphatic carboxylic acids is 1. The number of hydrogen-bond acceptors (Lipinski definition) is 6. The van der Waals surface area contributed by atoms with Crippen LogP contribution in [-0.2, 0) is 16.1 Å². The molecule has 2 saturated carbocycles. The zero-order chi connectivity index (χ0) is 24.1. The van der Waals surface area contributed by atoms with Gasteiger partial charge in [0.05, 0.1) is 17.4 Å². The zero-order valence-electron chi connectivity index (χ0n) is 20.0. The van der Waals surface area contributed by atoms with Gasteiger partial charge in [0.1, 0.15) is 12.4 Å². The fourth-order valence-electron chi connectivity index (χ4n) is 5.12. The van der Waals surface area contributed by atoms with Crippen LogP contribution in [0, 0.1) is 12.8 Å². The monoisotopic (exact) mass is 470 g/mol. The van der Waals surface area contributed by atoms with Crippen LogP contribution in [0.25, 0.3) is 11.3 Å². The molecule has 184 valence electrons. The maximum absolute atomic E-state index is 12.5. The first-order valence-electron chi connectivity index (χ1n) is 12.2. The summed E-state index contributed by atoms with van der Waals surface area (Å²) in [5.41, 5.74) is 2.28. The van der Waals surface area contributed by atoms with E-state index in [0.717, 1.165) is 68.2 Å². The SMILES string of the molecule is Cc1noc(-c2ccc(OC3CCCC(CC(=O)O)C3)cc2)c1COC(=O)N(C)C1CCCC1. The number of aromatic nitrogens is 1. The van der Waals surface area contributed by atoms with E-state index in [1.54, 1.807) is 11.9 Å². The molecular formula is C26H34N2O6. The van der Waals surface area contributed by atoms with Crippen LogP contribution in [0.5, 0.6) is 5.75 Å². The molecule has 34 heavy (non-hydrogen) atoms. The van der Waals surface area contributed by atoms with Gasteiger partial charge in [-0.2, -0.15) is 0 Å². The number of ether oxygens (including phenoxy) is 2. The maximum atomic E-state index is 12.5. The lowest BCUT2D eigenvalue weighted by Gasteiger charge is -2.28. The van der Waals surface area contributed by atoms with E-state index in [-0.39, 0.29) is 37.2 Å². The summed E-state index contributed by atoms with van der Waals surface area (Å²) in [6.45, 7) is 1.94. The van der Waals surface area contributed by atoms with E-state index in [4.69, 9.17) is 19.1 Å². The number of benzene rings is 1. The van der Waals surface area contributed by atoms with Crippen LogP contribution in [0.3, 0.4) is 0 Å². The molecule has 2 unspecified atom stereocenters. The van der Waals surface area contributed by atoms with E-state index >= 15 is 0 Å². The molecule has 0 radical (unpaired) electrons. The summed E-state index contributed by atoms with van der Waals surface area (Å²) in [7, 11) is 1.80. The lowest BCUT2D eigenvalue weighted by molar-refractivity contribution is -0.138. The Hall–Kier alpha value is -3.03. The van der Waals surface area contributed by atoms with E-state index in [0.29, 0.717) is 11.5 Å². The van der Waals surface area contributed by atoms with E-state index in [9.17, 15) is 9.59 Å². The third kappa shape index (κ3) is 5.90. The van der Waals surface area contributed by atoms with Crippen molar-refractivity contribution >= 4 is 12.1 Å². The van der Waals surface area contributed by atoms with Gasteiger partial charge in [-0.1, -0.05) is 18.0 Å². The molecule has 0 aliphatic heterocycles. The lowest BCUT2D eigenvalue weighted by Crippen LogP contribution is -2.35. The molecule has 1 N–H and O–H groups in total. The van der Waals surface area contributed by atoms with Crippen molar-refractivity contribution in [2.24, 2.45) is 5.92 Å². The molecule has 2 aromatic rings. The van der Waals surface area contributed by atoms with Crippen LogP contribution in [0.4, 0.5) is 4.79 Å². The number of carboxylic acid groups (broad SMARTS) is 1. The number of carboxylic acids is 1. The third-order valence-electron chi connectivity index (χ3n) is 7.10. The Bertz CT molecular complexity index is 980. The number of nitrogens with zero attached hydrogens (tertiary/aromatic N) is 2. The molecule has 2 fully saturated rings. The van der Waals surface area contributed by atoms with Crippen LogP contribution in [0.2, 0.25) is 0 Å². The van der Waals surface area contributed by atoms with Crippen LogP contribution < -0.4 is 4.74 Å². The van der Waals surface area contributed by atoms with Crippen molar-refractivity contribution in [1.82, 2.24) is 10.1 Å². The number of rotatable bonds is 8. The van der Waals surface area contributed by atoms with Gasteiger partial charge in [0.25, 0.3) is 0 Å². The molecule has 2 aliphatic carbocycles. The van der Waals surface area contributed by atoms with Crippen LogP contribution in [-0.4, -0.2) is 46.4 Å². The number of aryl methyl sites for hydroxylation is 1. The summed E-state index contributed by atoms with van der Waals surface area (Å²) < 4.78 is 17.3. The van der Waals surface area contributed by atoms with Gasteiger partial charge in [-0.15, -0.1) is 0 Å². The number of carbonyl (C=O) groups excluding carboxylic acids is 1. The second kappa shape index (κ2) is 10.9. The molecule has 1 aromatic carbocycles. The van der Waals surface area contributed by atoms with Gasteiger partial charge in [-0.3, -0.25) is 4.79 Å². The largest absolute Gasteiger partial charge is 0.490 e. The Labute approximate surface area is 200 Å². The van der Waals surface area contributed by atoms with Gasteiger partial charge >= 0.3 is 12.1 Å². The fourth-order valence-corrected chi connectivity index (χ4v) is 5.12. The Morgan fingerprint density at radius 1 is 1.12 bits per heavy atom. The first kappa shape index (κ1) is 24.1. The van der Waals surface area contributed by atoms with E-state index in [1.165, 1.54) is 0 Å². The predicted octanol–water partition coefficient (Wildman–Crippen LogP) is 5.57.